The number of rotatable bonds is 5. The van der Waals surface area contributed by atoms with E-state index in [1.165, 1.54) is 0 Å². The van der Waals surface area contributed by atoms with Crippen molar-refractivity contribution in [2.75, 3.05) is 24.8 Å². The van der Waals surface area contributed by atoms with E-state index >= 15 is 0 Å². The minimum Gasteiger partial charge on any atom is -0.397 e. The third kappa shape index (κ3) is 3.75. The first-order valence-electron chi connectivity index (χ1n) is 5.09. The number of methoxy groups -OCH3 is 1. The van der Waals surface area contributed by atoms with E-state index in [0.717, 1.165) is 5.69 Å². The molecule has 4 nitrogen and oxygen atoms in total. The van der Waals surface area contributed by atoms with Gasteiger partial charge in [0.05, 0.1) is 30.2 Å². The fourth-order valence-electron chi connectivity index (χ4n) is 1.33. The van der Waals surface area contributed by atoms with E-state index in [4.69, 9.17) is 10.5 Å². The Morgan fingerprint density at radius 1 is 1.47 bits per heavy atom. The molecule has 0 saturated carbocycles. The maximum absolute atomic E-state index is 5.65. The molecule has 0 amide bonds. The zero-order valence-electron chi connectivity index (χ0n) is 9.53. The van der Waals surface area contributed by atoms with Crippen LogP contribution in [-0.2, 0) is 4.74 Å². The van der Waals surface area contributed by atoms with Gasteiger partial charge in [0.25, 0.3) is 0 Å². The van der Waals surface area contributed by atoms with Crippen molar-refractivity contribution in [2.45, 2.75) is 19.9 Å². The molecule has 84 valence electrons. The maximum atomic E-state index is 5.65. The fourth-order valence-corrected chi connectivity index (χ4v) is 1.33. The van der Waals surface area contributed by atoms with Crippen LogP contribution in [0.2, 0.25) is 0 Å². The predicted molar refractivity (Wildman–Crippen MR) is 62.8 cm³/mol. The highest BCUT2D eigenvalue weighted by Gasteiger charge is 2.12. The Hall–Kier alpha value is -1.29. The lowest BCUT2D eigenvalue weighted by Crippen LogP contribution is -2.30. The van der Waals surface area contributed by atoms with Crippen molar-refractivity contribution in [3.05, 3.63) is 18.5 Å². The SMILES string of the molecule is COCC(Nc1cncc(N)c1)C(C)C. The molecule has 0 saturated heterocycles. The summed E-state index contributed by atoms with van der Waals surface area (Å²) in [6.45, 7) is 4.97. The van der Waals surface area contributed by atoms with Crippen molar-refractivity contribution < 1.29 is 4.74 Å². The topological polar surface area (TPSA) is 60.2 Å². The monoisotopic (exact) mass is 209 g/mol. The second kappa shape index (κ2) is 5.56. The standard InChI is InChI=1S/C11H19N3O/c1-8(2)11(7-15-3)14-10-4-9(12)5-13-6-10/h4-6,8,11,14H,7,12H2,1-3H3. The zero-order valence-corrected chi connectivity index (χ0v) is 9.53. The molecule has 1 heterocycles. The first-order chi connectivity index (χ1) is 7.13. The molecule has 0 aliphatic heterocycles. The molecule has 0 bridgehead atoms. The highest BCUT2D eigenvalue weighted by Crippen LogP contribution is 2.14. The molecule has 1 unspecified atom stereocenters. The van der Waals surface area contributed by atoms with Gasteiger partial charge in [-0.15, -0.1) is 0 Å². The Morgan fingerprint density at radius 3 is 2.73 bits per heavy atom. The highest BCUT2D eigenvalue weighted by molar-refractivity contribution is 5.51. The van der Waals surface area contributed by atoms with Gasteiger partial charge < -0.3 is 15.8 Å². The van der Waals surface area contributed by atoms with Gasteiger partial charge in [-0.25, -0.2) is 0 Å². The molecule has 0 radical (unpaired) electrons. The van der Waals surface area contributed by atoms with E-state index in [9.17, 15) is 0 Å². The van der Waals surface area contributed by atoms with E-state index < -0.39 is 0 Å². The summed E-state index contributed by atoms with van der Waals surface area (Å²) in [5, 5.41) is 3.35. The molecule has 0 spiro atoms. The van der Waals surface area contributed by atoms with E-state index in [1.807, 2.05) is 6.07 Å². The lowest BCUT2D eigenvalue weighted by atomic mass is 10.1. The minimum absolute atomic E-state index is 0.276. The van der Waals surface area contributed by atoms with Gasteiger partial charge in [0.1, 0.15) is 0 Å². The molecule has 1 aromatic rings. The van der Waals surface area contributed by atoms with Crippen molar-refractivity contribution in [1.29, 1.82) is 0 Å². The summed E-state index contributed by atoms with van der Waals surface area (Å²) in [4.78, 5) is 4.03. The molecule has 0 aliphatic rings. The van der Waals surface area contributed by atoms with Crippen LogP contribution in [0.3, 0.4) is 0 Å². The second-order valence-corrected chi connectivity index (χ2v) is 3.96. The second-order valence-electron chi connectivity index (χ2n) is 3.96. The Kier molecular flexibility index (Phi) is 4.37. The van der Waals surface area contributed by atoms with Crippen LogP contribution in [0.5, 0.6) is 0 Å². The summed E-state index contributed by atoms with van der Waals surface area (Å²) >= 11 is 0. The number of aromatic nitrogens is 1. The van der Waals surface area contributed by atoms with Gasteiger partial charge in [0, 0.05) is 13.3 Å². The smallest absolute Gasteiger partial charge is 0.0666 e. The largest absolute Gasteiger partial charge is 0.397 e. The van der Waals surface area contributed by atoms with Crippen LogP contribution in [0.15, 0.2) is 18.5 Å². The Balaban J connectivity index is 2.65. The summed E-state index contributed by atoms with van der Waals surface area (Å²) in [7, 11) is 1.70. The van der Waals surface area contributed by atoms with Gasteiger partial charge >= 0.3 is 0 Å². The van der Waals surface area contributed by atoms with Crippen molar-refractivity contribution in [3.63, 3.8) is 0 Å². The summed E-state index contributed by atoms with van der Waals surface area (Å²) in [6.07, 6.45) is 3.40. The average molecular weight is 209 g/mol. The Labute approximate surface area is 90.8 Å². The Bertz CT molecular complexity index is 302. The first kappa shape index (κ1) is 11.8. The maximum Gasteiger partial charge on any atom is 0.0666 e. The number of hydrogen-bond acceptors (Lipinski definition) is 4. The molecule has 1 atom stereocenters. The molecule has 1 rings (SSSR count). The van der Waals surface area contributed by atoms with Crippen LogP contribution in [0.4, 0.5) is 11.4 Å². The highest BCUT2D eigenvalue weighted by atomic mass is 16.5. The van der Waals surface area contributed by atoms with Crippen LogP contribution >= 0.6 is 0 Å². The van der Waals surface area contributed by atoms with Gasteiger partial charge in [-0.2, -0.15) is 0 Å². The predicted octanol–water partition coefficient (Wildman–Crippen LogP) is 1.75. The molecule has 3 N–H and O–H groups in total. The number of ether oxygens (including phenoxy) is 1. The number of nitrogens with two attached hydrogens (primary N) is 1. The quantitative estimate of drug-likeness (QED) is 0.775. The Morgan fingerprint density at radius 2 is 2.20 bits per heavy atom. The number of nitrogen functional groups attached to an aromatic ring is 1. The molecule has 0 fully saturated rings. The van der Waals surface area contributed by atoms with Crippen LogP contribution < -0.4 is 11.1 Å². The molecule has 15 heavy (non-hydrogen) atoms. The molecular formula is C11H19N3O. The number of nitrogens with one attached hydrogen (secondary N) is 1. The van der Waals surface area contributed by atoms with Crippen LogP contribution in [-0.4, -0.2) is 24.7 Å². The number of pyridine rings is 1. The molecule has 0 aliphatic carbocycles. The van der Waals surface area contributed by atoms with Crippen molar-refractivity contribution in [2.24, 2.45) is 5.92 Å². The molecule has 1 aromatic heterocycles. The summed E-state index contributed by atoms with van der Waals surface area (Å²) in [5.41, 5.74) is 7.25. The fraction of sp³-hybridized carbons (Fsp3) is 0.545. The van der Waals surface area contributed by atoms with Crippen molar-refractivity contribution >= 4 is 11.4 Å². The zero-order chi connectivity index (χ0) is 11.3. The van der Waals surface area contributed by atoms with Gasteiger partial charge in [-0.05, 0) is 12.0 Å². The summed E-state index contributed by atoms with van der Waals surface area (Å²) in [6, 6.07) is 2.15. The van der Waals surface area contributed by atoms with Gasteiger partial charge in [0.2, 0.25) is 0 Å². The lowest BCUT2D eigenvalue weighted by molar-refractivity contribution is 0.171. The molecule has 4 heteroatoms. The van der Waals surface area contributed by atoms with Crippen LogP contribution in [0.1, 0.15) is 13.8 Å². The molecule has 0 aromatic carbocycles. The summed E-state index contributed by atoms with van der Waals surface area (Å²) < 4.78 is 5.15. The van der Waals surface area contributed by atoms with Crippen LogP contribution in [0.25, 0.3) is 0 Å². The summed E-state index contributed by atoms with van der Waals surface area (Å²) in [5.74, 6) is 0.492. The third-order valence-electron chi connectivity index (χ3n) is 2.26. The van der Waals surface area contributed by atoms with Gasteiger partial charge in [-0.1, -0.05) is 13.8 Å². The number of nitrogens with zero attached hydrogens (tertiary/aromatic N) is 1. The van der Waals surface area contributed by atoms with Gasteiger partial charge in [0.15, 0.2) is 0 Å². The number of hydrogen-bond donors (Lipinski definition) is 2. The van der Waals surface area contributed by atoms with E-state index in [2.05, 4.69) is 24.1 Å². The third-order valence-corrected chi connectivity index (χ3v) is 2.26. The minimum atomic E-state index is 0.276. The lowest BCUT2D eigenvalue weighted by Gasteiger charge is -2.22. The van der Waals surface area contributed by atoms with Crippen molar-refractivity contribution in [1.82, 2.24) is 4.98 Å². The van der Waals surface area contributed by atoms with E-state index in [1.54, 1.807) is 19.5 Å². The van der Waals surface area contributed by atoms with E-state index in [-0.39, 0.29) is 6.04 Å². The number of anilines is 2. The molecular weight excluding hydrogens is 190 g/mol. The van der Waals surface area contributed by atoms with Gasteiger partial charge in [-0.3, -0.25) is 4.98 Å². The van der Waals surface area contributed by atoms with Crippen LogP contribution in [0, 0.1) is 5.92 Å². The van der Waals surface area contributed by atoms with Crippen molar-refractivity contribution in [3.8, 4) is 0 Å². The van der Waals surface area contributed by atoms with E-state index in [0.29, 0.717) is 18.2 Å². The first-order valence-corrected chi connectivity index (χ1v) is 5.09. The average Bonchev–Trinajstić information content (AvgIpc) is 2.17. The normalized spacial score (nSPS) is 12.8.